The number of carbonyl (C=O) groups excluding carboxylic acids is 2. The average Bonchev–Trinajstić information content (AvgIpc) is 2.85. The van der Waals surface area contributed by atoms with Gasteiger partial charge in [-0.2, -0.15) is 0 Å². The van der Waals surface area contributed by atoms with Crippen LogP contribution in [-0.4, -0.2) is 25.2 Å². The van der Waals surface area contributed by atoms with Gasteiger partial charge in [-0.1, -0.05) is 49.1 Å². The second-order valence-corrected chi connectivity index (χ2v) is 8.43. The highest BCUT2D eigenvalue weighted by Gasteiger charge is 2.15. The lowest BCUT2D eigenvalue weighted by molar-refractivity contribution is -0.144. The number of aryl methyl sites for hydroxylation is 3. The van der Waals surface area contributed by atoms with E-state index in [-0.39, 0.29) is 31.2 Å². The fourth-order valence-corrected chi connectivity index (χ4v) is 3.48. The van der Waals surface area contributed by atoms with Gasteiger partial charge in [0.25, 0.3) is 0 Å². The maximum absolute atomic E-state index is 12.0. The lowest BCUT2D eigenvalue weighted by atomic mass is 10.1. The quantitative estimate of drug-likeness (QED) is 0.180. The molecule has 0 aliphatic rings. The zero-order valence-electron chi connectivity index (χ0n) is 22.0. The number of rotatable bonds is 12. The molecule has 0 spiro atoms. The third-order valence-electron chi connectivity index (χ3n) is 5.59. The van der Waals surface area contributed by atoms with E-state index in [2.05, 4.69) is 68.7 Å². The first kappa shape index (κ1) is 28.4. The van der Waals surface area contributed by atoms with Gasteiger partial charge in [0, 0.05) is 23.5 Å². The zero-order valence-corrected chi connectivity index (χ0v) is 22.0. The molecule has 2 rings (SSSR count). The fraction of sp³-hybridized carbons (Fsp3) is 0.290. The van der Waals surface area contributed by atoms with Crippen LogP contribution in [0.1, 0.15) is 43.4 Å². The average molecular weight is 488 g/mol. The van der Waals surface area contributed by atoms with Crippen molar-refractivity contribution in [1.29, 1.82) is 0 Å². The van der Waals surface area contributed by atoms with Crippen LogP contribution in [-0.2, 0) is 19.1 Å². The minimum atomic E-state index is -0.547. The van der Waals surface area contributed by atoms with Gasteiger partial charge in [0.1, 0.15) is 6.61 Å². The van der Waals surface area contributed by atoms with Gasteiger partial charge < -0.3 is 14.4 Å². The standard InChI is InChI=1S/C31H37NO4/c1-7-14-27(16-10-9-11-18-30(33)36-22-26(6)31(34)35-8-2)32(29-17-13-12-15-24(29)4)28-20-19-23(3)25(5)21-28/h7,9-10,12-17,19-21H,6,8,11,18,22H2,1-5H3/b10-9+,14-7+,27-16+. The van der Waals surface area contributed by atoms with Crippen LogP contribution >= 0.6 is 0 Å². The van der Waals surface area contributed by atoms with E-state index < -0.39 is 5.97 Å². The number of carbonyl (C=O) groups is 2. The van der Waals surface area contributed by atoms with Crippen molar-refractivity contribution < 1.29 is 19.1 Å². The Bertz CT molecular complexity index is 1160. The molecule has 36 heavy (non-hydrogen) atoms. The fourth-order valence-electron chi connectivity index (χ4n) is 3.48. The summed E-state index contributed by atoms with van der Waals surface area (Å²) in [7, 11) is 0. The predicted molar refractivity (Wildman–Crippen MR) is 147 cm³/mol. The first-order chi connectivity index (χ1) is 17.3. The maximum Gasteiger partial charge on any atom is 0.336 e. The Kier molecular flexibility index (Phi) is 11.4. The highest BCUT2D eigenvalue weighted by molar-refractivity contribution is 5.88. The van der Waals surface area contributed by atoms with Gasteiger partial charge >= 0.3 is 11.9 Å². The van der Waals surface area contributed by atoms with Gasteiger partial charge in [-0.15, -0.1) is 0 Å². The number of ether oxygens (including phenoxy) is 2. The molecule has 0 aromatic heterocycles. The molecular weight excluding hydrogens is 450 g/mol. The predicted octanol–water partition coefficient (Wildman–Crippen LogP) is 7.21. The molecule has 0 aliphatic carbocycles. The number of para-hydroxylation sites is 1. The van der Waals surface area contributed by atoms with Crippen LogP contribution in [0, 0.1) is 20.8 Å². The third kappa shape index (κ3) is 8.42. The van der Waals surface area contributed by atoms with Crippen LogP contribution in [0.4, 0.5) is 11.4 Å². The Hall–Kier alpha value is -3.86. The summed E-state index contributed by atoms with van der Waals surface area (Å²) in [6.45, 7) is 13.7. The topological polar surface area (TPSA) is 55.8 Å². The molecule has 0 fully saturated rings. The molecule has 2 aromatic carbocycles. The van der Waals surface area contributed by atoms with E-state index in [1.807, 2.05) is 43.4 Å². The largest absolute Gasteiger partial charge is 0.463 e. The molecule has 0 aliphatic heterocycles. The smallest absolute Gasteiger partial charge is 0.336 e. The molecule has 0 saturated heterocycles. The van der Waals surface area contributed by atoms with Crippen molar-refractivity contribution >= 4 is 23.3 Å². The van der Waals surface area contributed by atoms with E-state index >= 15 is 0 Å². The van der Waals surface area contributed by atoms with Gasteiger partial charge in [-0.25, -0.2) is 4.79 Å². The summed E-state index contributed by atoms with van der Waals surface area (Å²) in [4.78, 5) is 25.8. The van der Waals surface area contributed by atoms with E-state index in [1.54, 1.807) is 6.92 Å². The molecule has 0 saturated carbocycles. The molecule has 0 atom stereocenters. The van der Waals surface area contributed by atoms with Crippen molar-refractivity contribution in [1.82, 2.24) is 0 Å². The van der Waals surface area contributed by atoms with Gasteiger partial charge in [-0.05, 0) is 88.1 Å². The van der Waals surface area contributed by atoms with Crippen molar-refractivity contribution in [3.05, 3.63) is 107 Å². The van der Waals surface area contributed by atoms with Crippen LogP contribution in [0.3, 0.4) is 0 Å². The second-order valence-electron chi connectivity index (χ2n) is 8.43. The van der Waals surface area contributed by atoms with Crippen molar-refractivity contribution in [2.24, 2.45) is 0 Å². The van der Waals surface area contributed by atoms with Crippen LogP contribution in [0.15, 0.2) is 90.7 Å². The summed E-state index contributed by atoms with van der Waals surface area (Å²) in [6, 6.07) is 14.8. The Morgan fingerprint density at radius 3 is 2.42 bits per heavy atom. The molecule has 5 nitrogen and oxygen atoms in total. The van der Waals surface area contributed by atoms with Crippen LogP contribution in [0.25, 0.3) is 0 Å². The van der Waals surface area contributed by atoms with E-state index in [0.29, 0.717) is 6.42 Å². The van der Waals surface area contributed by atoms with E-state index in [9.17, 15) is 9.59 Å². The monoisotopic (exact) mass is 487 g/mol. The van der Waals surface area contributed by atoms with Crippen molar-refractivity contribution in [3.63, 3.8) is 0 Å². The Balaban J connectivity index is 2.16. The summed E-state index contributed by atoms with van der Waals surface area (Å²) >= 11 is 0. The van der Waals surface area contributed by atoms with Gasteiger partial charge in [0.05, 0.1) is 12.2 Å². The summed E-state index contributed by atoms with van der Waals surface area (Å²) in [5, 5.41) is 0. The minimum Gasteiger partial charge on any atom is -0.463 e. The summed E-state index contributed by atoms with van der Waals surface area (Å²) in [6.07, 6.45) is 10.7. The highest BCUT2D eigenvalue weighted by Crippen LogP contribution is 2.34. The molecular formula is C31H37NO4. The van der Waals surface area contributed by atoms with Crippen LogP contribution in [0.5, 0.6) is 0 Å². The van der Waals surface area contributed by atoms with Crippen LogP contribution < -0.4 is 4.90 Å². The van der Waals surface area contributed by atoms with E-state index in [0.717, 1.165) is 17.1 Å². The lowest BCUT2D eigenvalue weighted by Gasteiger charge is -2.28. The van der Waals surface area contributed by atoms with Gasteiger partial charge in [0.15, 0.2) is 0 Å². The number of nitrogens with zero attached hydrogens (tertiary/aromatic N) is 1. The number of esters is 2. The molecule has 0 amide bonds. The summed E-state index contributed by atoms with van der Waals surface area (Å²) in [5.74, 6) is -0.937. The number of hydrogen-bond acceptors (Lipinski definition) is 5. The Morgan fingerprint density at radius 1 is 1.00 bits per heavy atom. The summed E-state index contributed by atoms with van der Waals surface area (Å²) in [5.41, 5.74) is 6.95. The molecule has 2 aromatic rings. The van der Waals surface area contributed by atoms with Crippen molar-refractivity contribution in [2.45, 2.75) is 47.5 Å². The zero-order chi connectivity index (χ0) is 26.5. The molecule has 0 bridgehead atoms. The lowest BCUT2D eigenvalue weighted by Crippen LogP contribution is -2.16. The van der Waals surface area contributed by atoms with E-state index in [1.165, 1.54) is 16.7 Å². The third-order valence-corrected chi connectivity index (χ3v) is 5.59. The Labute approximate surface area is 215 Å². The maximum atomic E-state index is 12.0. The molecule has 0 unspecified atom stereocenters. The van der Waals surface area contributed by atoms with E-state index in [4.69, 9.17) is 9.47 Å². The molecule has 0 heterocycles. The second kappa shape index (κ2) is 14.5. The van der Waals surface area contributed by atoms with Crippen LogP contribution in [0.2, 0.25) is 0 Å². The molecule has 5 heteroatoms. The Morgan fingerprint density at radius 2 is 1.75 bits per heavy atom. The first-order valence-corrected chi connectivity index (χ1v) is 12.2. The minimum absolute atomic E-state index is 0.127. The SMILES string of the molecule is C=C(COC(=O)CC/C=C/C=C(\C=C\C)N(c1ccc(C)c(C)c1)c1ccccc1C)C(=O)OCC. The first-order valence-electron chi connectivity index (χ1n) is 12.2. The van der Waals surface area contributed by atoms with Gasteiger partial charge in [-0.3, -0.25) is 4.79 Å². The number of allylic oxidation sites excluding steroid dienone is 5. The number of hydrogen-bond donors (Lipinski definition) is 0. The molecule has 0 radical (unpaired) electrons. The highest BCUT2D eigenvalue weighted by atomic mass is 16.5. The van der Waals surface area contributed by atoms with Crippen molar-refractivity contribution in [2.75, 3.05) is 18.1 Å². The molecule has 0 N–H and O–H groups in total. The summed E-state index contributed by atoms with van der Waals surface area (Å²) < 4.78 is 9.95. The normalized spacial score (nSPS) is 11.6. The number of benzene rings is 2. The number of anilines is 2. The van der Waals surface area contributed by atoms with Gasteiger partial charge in [0.2, 0.25) is 0 Å². The van der Waals surface area contributed by atoms with Crippen molar-refractivity contribution in [3.8, 4) is 0 Å². The molecule has 190 valence electrons.